The molecule has 1 aromatic heterocycles. The van der Waals surface area contributed by atoms with Crippen molar-refractivity contribution in [2.45, 2.75) is 18.9 Å². The molecule has 29 heavy (non-hydrogen) atoms. The molecule has 1 atom stereocenters. The summed E-state index contributed by atoms with van der Waals surface area (Å²) in [5.74, 6) is -0.327. The fourth-order valence-electron chi connectivity index (χ4n) is 3.81. The summed E-state index contributed by atoms with van der Waals surface area (Å²) < 4.78 is 19.8. The Bertz CT molecular complexity index is 1090. The third kappa shape index (κ3) is 3.54. The Kier molecular flexibility index (Phi) is 5.39. The van der Waals surface area contributed by atoms with Gasteiger partial charge in [-0.25, -0.2) is 9.37 Å². The number of amides is 1. The first-order valence-corrected chi connectivity index (χ1v) is 9.76. The first-order valence-electron chi connectivity index (χ1n) is 9.38. The van der Waals surface area contributed by atoms with Crippen LogP contribution in [-0.2, 0) is 0 Å². The monoisotopic (exact) mass is 414 g/mol. The molecule has 7 heteroatoms. The van der Waals surface area contributed by atoms with Crippen molar-refractivity contribution in [2.75, 3.05) is 20.3 Å². The molecule has 5 nitrogen and oxygen atoms in total. The van der Waals surface area contributed by atoms with E-state index in [-0.39, 0.29) is 24.1 Å². The van der Waals surface area contributed by atoms with Gasteiger partial charge in [-0.15, -0.1) is 0 Å². The van der Waals surface area contributed by atoms with E-state index in [0.717, 1.165) is 12.8 Å². The Labute approximate surface area is 172 Å². The van der Waals surface area contributed by atoms with E-state index in [2.05, 4.69) is 4.98 Å². The van der Waals surface area contributed by atoms with Gasteiger partial charge in [0.2, 0.25) is 0 Å². The smallest absolute Gasteiger partial charge is 0.254 e. The van der Waals surface area contributed by atoms with Crippen LogP contribution in [-0.4, -0.2) is 47.2 Å². The van der Waals surface area contributed by atoms with Crippen molar-refractivity contribution in [2.24, 2.45) is 0 Å². The third-order valence-corrected chi connectivity index (χ3v) is 5.63. The van der Waals surface area contributed by atoms with Crippen LogP contribution in [0, 0.1) is 5.82 Å². The topological polar surface area (TPSA) is 62.7 Å². The number of halogens is 2. The maximum absolute atomic E-state index is 14.7. The van der Waals surface area contributed by atoms with Gasteiger partial charge in [0, 0.05) is 23.6 Å². The average Bonchev–Trinajstić information content (AvgIpc) is 3.21. The van der Waals surface area contributed by atoms with Crippen molar-refractivity contribution >= 4 is 28.4 Å². The SMILES string of the molecule is COc1ccc(-c2cc(C(=O)N3CCCC3CO)c3cccc(Cl)c3n2)c(F)c1. The zero-order valence-corrected chi connectivity index (χ0v) is 16.6. The quantitative estimate of drug-likeness (QED) is 0.691. The summed E-state index contributed by atoms with van der Waals surface area (Å²) in [4.78, 5) is 19.5. The van der Waals surface area contributed by atoms with Gasteiger partial charge < -0.3 is 14.7 Å². The van der Waals surface area contributed by atoms with Crippen LogP contribution in [0.1, 0.15) is 23.2 Å². The molecule has 0 spiro atoms. The zero-order chi connectivity index (χ0) is 20.5. The molecule has 1 N–H and O–H groups in total. The van der Waals surface area contributed by atoms with Gasteiger partial charge in [-0.3, -0.25) is 4.79 Å². The number of ether oxygens (including phenoxy) is 1. The summed E-state index contributed by atoms with van der Waals surface area (Å²) in [5.41, 5.74) is 1.39. The first kappa shape index (κ1) is 19.6. The van der Waals surface area contributed by atoms with E-state index in [9.17, 15) is 14.3 Å². The molecule has 0 radical (unpaired) electrons. The van der Waals surface area contributed by atoms with Gasteiger partial charge in [-0.05, 0) is 37.1 Å². The minimum atomic E-state index is -0.504. The zero-order valence-electron chi connectivity index (χ0n) is 15.9. The summed E-state index contributed by atoms with van der Waals surface area (Å²) in [6.07, 6.45) is 1.59. The molecule has 0 bridgehead atoms. The molecule has 1 aliphatic rings. The number of nitrogens with zero attached hydrogens (tertiary/aromatic N) is 2. The Morgan fingerprint density at radius 2 is 2.17 bits per heavy atom. The first-order chi connectivity index (χ1) is 14.0. The average molecular weight is 415 g/mol. The minimum absolute atomic E-state index is 0.0878. The molecule has 3 aromatic rings. The molecule has 0 aliphatic carbocycles. The largest absolute Gasteiger partial charge is 0.497 e. The molecule has 1 unspecified atom stereocenters. The molecule has 0 saturated carbocycles. The van der Waals surface area contributed by atoms with E-state index in [4.69, 9.17) is 16.3 Å². The van der Waals surface area contributed by atoms with Crippen LogP contribution in [0.25, 0.3) is 22.2 Å². The second kappa shape index (κ2) is 7.97. The highest BCUT2D eigenvalue weighted by Gasteiger charge is 2.30. The molecule has 2 heterocycles. The number of rotatable bonds is 4. The van der Waals surface area contributed by atoms with Crippen LogP contribution < -0.4 is 4.74 Å². The fourth-order valence-corrected chi connectivity index (χ4v) is 4.02. The lowest BCUT2D eigenvalue weighted by Crippen LogP contribution is -2.37. The molecule has 1 saturated heterocycles. The minimum Gasteiger partial charge on any atom is -0.497 e. The van der Waals surface area contributed by atoms with Gasteiger partial charge in [0.15, 0.2) is 0 Å². The second-order valence-electron chi connectivity index (χ2n) is 7.01. The number of likely N-dealkylation sites (tertiary alicyclic amines) is 1. The number of pyridine rings is 1. The lowest BCUT2D eigenvalue weighted by molar-refractivity contribution is 0.0679. The van der Waals surface area contributed by atoms with E-state index < -0.39 is 5.82 Å². The van der Waals surface area contributed by atoms with Crippen LogP contribution in [0.15, 0.2) is 42.5 Å². The lowest BCUT2D eigenvalue weighted by Gasteiger charge is -2.24. The number of hydrogen-bond acceptors (Lipinski definition) is 4. The fraction of sp³-hybridized carbons (Fsp3) is 0.273. The molecule has 1 aliphatic heterocycles. The van der Waals surface area contributed by atoms with Gasteiger partial charge in [-0.2, -0.15) is 0 Å². The number of carbonyl (C=O) groups is 1. The Hall–Kier alpha value is -2.70. The van der Waals surface area contributed by atoms with E-state index in [0.29, 0.717) is 39.5 Å². The predicted octanol–water partition coefficient (Wildman–Crippen LogP) is 4.30. The Morgan fingerprint density at radius 3 is 2.90 bits per heavy atom. The van der Waals surface area contributed by atoms with Crippen LogP contribution >= 0.6 is 11.6 Å². The highest BCUT2D eigenvalue weighted by Crippen LogP contribution is 2.33. The highest BCUT2D eigenvalue weighted by molar-refractivity contribution is 6.35. The number of aliphatic hydroxyl groups excluding tert-OH is 1. The van der Waals surface area contributed by atoms with Crippen molar-refractivity contribution in [3.63, 3.8) is 0 Å². The summed E-state index contributed by atoms with van der Waals surface area (Å²) in [6, 6.07) is 11.1. The number of para-hydroxylation sites is 1. The van der Waals surface area contributed by atoms with Crippen molar-refractivity contribution in [1.82, 2.24) is 9.88 Å². The molecule has 2 aromatic carbocycles. The van der Waals surface area contributed by atoms with E-state index >= 15 is 0 Å². The number of fused-ring (bicyclic) bond motifs is 1. The second-order valence-corrected chi connectivity index (χ2v) is 7.42. The summed E-state index contributed by atoms with van der Waals surface area (Å²) in [5, 5.41) is 10.6. The van der Waals surface area contributed by atoms with Crippen molar-refractivity contribution < 1.29 is 19.0 Å². The highest BCUT2D eigenvalue weighted by atomic mass is 35.5. The van der Waals surface area contributed by atoms with Gasteiger partial charge >= 0.3 is 0 Å². The molecular weight excluding hydrogens is 395 g/mol. The number of carbonyl (C=O) groups excluding carboxylic acids is 1. The van der Waals surface area contributed by atoms with Crippen LogP contribution in [0.3, 0.4) is 0 Å². The van der Waals surface area contributed by atoms with Crippen molar-refractivity contribution in [3.8, 4) is 17.0 Å². The number of aliphatic hydroxyl groups is 1. The molecular formula is C22H20ClFN2O3. The summed E-state index contributed by atoms with van der Waals surface area (Å²) in [6.45, 7) is 0.482. The molecule has 150 valence electrons. The predicted molar refractivity (Wildman–Crippen MR) is 110 cm³/mol. The normalized spacial score (nSPS) is 16.4. The summed E-state index contributed by atoms with van der Waals surface area (Å²) >= 11 is 6.36. The number of hydrogen-bond donors (Lipinski definition) is 1. The Morgan fingerprint density at radius 1 is 1.34 bits per heavy atom. The maximum Gasteiger partial charge on any atom is 0.254 e. The molecule has 1 amide bonds. The van der Waals surface area contributed by atoms with Crippen LogP contribution in [0.5, 0.6) is 5.75 Å². The lowest BCUT2D eigenvalue weighted by atomic mass is 10.0. The number of methoxy groups -OCH3 is 1. The van der Waals surface area contributed by atoms with Gasteiger partial charge in [0.05, 0.1) is 41.6 Å². The molecule has 1 fully saturated rings. The van der Waals surface area contributed by atoms with Crippen LogP contribution in [0.2, 0.25) is 5.02 Å². The van der Waals surface area contributed by atoms with E-state index in [1.165, 1.54) is 13.2 Å². The van der Waals surface area contributed by atoms with E-state index in [1.807, 2.05) is 0 Å². The standard InChI is InChI=1S/C22H20ClFN2O3/c1-29-14-7-8-16(19(24)10-14)20-11-17(15-5-2-6-18(23)21(15)25-20)22(28)26-9-3-4-13(26)12-27/h2,5-8,10-11,13,27H,3-4,9,12H2,1H3. The summed E-state index contributed by atoms with van der Waals surface area (Å²) in [7, 11) is 1.47. The number of benzene rings is 2. The third-order valence-electron chi connectivity index (χ3n) is 5.32. The number of aromatic nitrogens is 1. The maximum atomic E-state index is 14.7. The van der Waals surface area contributed by atoms with Crippen molar-refractivity contribution in [1.29, 1.82) is 0 Å². The van der Waals surface area contributed by atoms with Gasteiger partial charge in [-0.1, -0.05) is 23.7 Å². The van der Waals surface area contributed by atoms with E-state index in [1.54, 1.807) is 41.3 Å². The molecule has 4 rings (SSSR count). The van der Waals surface area contributed by atoms with Crippen LogP contribution in [0.4, 0.5) is 4.39 Å². The van der Waals surface area contributed by atoms with Crippen molar-refractivity contribution in [3.05, 3.63) is 58.9 Å². The van der Waals surface area contributed by atoms with Gasteiger partial charge in [0.25, 0.3) is 5.91 Å². The van der Waals surface area contributed by atoms with Gasteiger partial charge in [0.1, 0.15) is 11.6 Å². The Balaban J connectivity index is 1.90.